The highest BCUT2D eigenvalue weighted by molar-refractivity contribution is 5.78. The first-order valence-corrected chi connectivity index (χ1v) is 8.18. The van der Waals surface area contributed by atoms with Crippen molar-refractivity contribution in [1.29, 1.82) is 0 Å². The van der Waals surface area contributed by atoms with Crippen molar-refractivity contribution in [3.8, 4) is 11.3 Å². The average molecular weight is 346 g/mol. The molecular weight excluding hydrogens is 326 g/mol. The number of carbonyl (C=O) groups excluding carboxylic acids is 1. The summed E-state index contributed by atoms with van der Waals surface area (Å²) in [6.07, 6.45) is 0. The maximum absolute atomic E-state index is 13.4. The van der Waals surface area contributed by atoms with E-state index >= 15 is 0 Å². The number of ether oxygens (including phenoxy) is 1. The molecule has 1 aliphatic rings. The second-order valence-electron chi connectivity index (χ2n) is 6.09. The third-order valence-electron chi connectivity index (χ3n) is 4.36. The Morgan fingerprint density at radius 3 is 2.60 bits per heavy atom. The summed E-state index contributed by atoms with van der Waals surface area (Å²) in [7, 11) is 0. The van der Waals surface area contributed by atoms with Gasteiger partial charge in [-0.05, 0) is 24.1 Å². The van der Waals surface area contributed by atoms with E-state index in [1.54, 1.807) is 17.9 Å². The fourth-order valence-electron chi connectivity index (χ4n) is 2.95. The zero-order chi connectivity index (χ0) is 17.8. The highest BCUT2D eigenvalue weighted by atomic mass is 19.1. The summed E-state index contributed by atoms with van der Waals surface area (Å²) < 4.78 is 31.5. The van der Waals surface area contributed by atoms with Crippen molar-refractivity contribution in [2.45, 2.75) is 26.8 Å². The summed E-state index contributed by atoms with van der Waals surface area (Å²) in [6.45, 7) is 2.18. The Labute approximate surface area is 145 Å². The molecule has 1 aromatic carbocycles. The van der Waals surface area contributed by atoms with Crippen molar-refractivity contribution in [1.82, 2.24) is 9.88 Å². The Balaban J connectivity index is 1.85. The Bertz CT molecular complexity index is 763. The lowest BCUT2D eigenvalue weighted by Gasteiger charge is -2.26. The Hall–Kier alpha value is -2.34. The van der Waals surface area contributed by atoms with Crippen molar-refractivity contribution in [2.75, 3.05) is 19.8 Å². The molecule has 0 N–H and O–H groups in total. The van der Waals surface area contributed by atoms with Crippen molar-refractivity contribution < 1.29 is 18.3 Å². The van der Waals surface area contributed by atoms with Crippen LogP contribution in [-0.2, 0) is 29.4 Å². The number of aromatic nitrogens is 1. The second kappa shape index (κ2) is 7.70. The standard InChI is InChI=1S/C19H20F2N2O2/c1-13-8-16(9-20)22-19(17(13)10-21)15-4-2-14(3-5-15)11-23-6-7-25-12-18(23)24/h2-5,8H,6-7,9-12H2,1H3. The SMILES string of the molecule is Cc1cc(CF)nc(-c2ccc(CN3CCOCC3=O)cc2)c1CF. The first-order valence-electron chi connectivity index (χ1n) is 8.18. The summed E-state index contributed by atoms with van der Waals surface area (Å²) in [4.78, 5) is 17.8. The molecule has 0 unspecified atom stereocenters. The number of benzene rings is 1. The van der Waals surface area contributed by atoms with Crippen LogP contribution in [0.25, 0.3) is 11.3 Å². The lowest BCUT2D eigenvalue weighted by molar-refractivity contribution is -0.143. The fourth-order valence-corrected chi connectivity index (χ4v) is 2.95. The van der Waals surface area contributed by atoms with Crippen LogP contribution in [0.15, 0.2) is 30.3 Å². The van der Waals surface area contributed by atoms with Crippen molar-refractivity contribution in [3.05, 3.63) is 52.7 Å². The average Bonchev–Trinajstić information content (AvgIpc) is 2.63. The van der Waals surface area contributed by atoms with Gasteiger partial charge in [0.05, 0.1) is 18.0 Å². The molecule has 1 amide bonds. The predicted molar refractivity (Wildman–Crippen MR) is 90.3 cm³/mol. The van der Waals surface area contributed by atoms with Crippen LogP contribution in [0.3, 0.4) is 0 Å². The van der Waals surface area contributed by atoms with Crippen LogP contribution in [0, 0.1) is 6.92 Å². The smallest absolute Gasteiger partial charge is 0.248 e. The summed E-state index contributed by atoms with van der Waals surface area (Å²) in [5, 5.41) is 0. The van der Waals surface area contributed by atoms with Gasteiger partial charge in [0.2, 0.25) is 5.91 Å². The van der Waals surface area contributed by atoms with Crippen LogP contribution in [0.5, 0.6) is 0 Å². The molecule has 2 heterocycles. The van der Waals surface area contributed by atoms with E-state index < -0.39 is 13.3 Å². The molecule has 4 nitrogen and oxygen atoms in total. The van der Waals surface area contributed by atoms with Gasteiger partial charge in [0, 0.05) is 24.2 Å². The third-order valence-corrected chi connectivity index (χ3v) is 4.36. The number of morpholine rings is 1. The number of nitrogens with zero attached hydrogens (tertiary/aromatic N) is 2. The van der Waals surface area contributed by atoms with E-state index in [1.165, 1.54) is 0 Å². The van der Waals surface area contributed by atoms with Crippen LogP contribution in [0.2, 0.25) is 0 Å². The molecule has 3 rings (SSSR count). The van der Waals surface area contributed by atoms with Crippen molar-refractivity contribution >= 4 is 5.91 Å². The maximum Gasteiger partial charge on any atom is 0.248 e. The highest BCUT2D eigenvalue weighted by Gasteiger charge is 2.18. The van der Waals surface area contributed by atoms with Gasteiger partial charge in [-0.1, -0.05) is 24.3 Å². The van der Waals surface area contributed by atoms with E-state index in [-0.39, 0.29) is 12.5 Å². The van der Waals surface area contributed by atoms with Gasteiger partial charge in [-0.3, -0.25) is 4.79 Å². The number of carbonyl (C=O) groups is 1. The largest absolute Gasteiger partial charge is 0.370 e. The molecule has 1 aromatic heterocycles. The van der Waals surface area contributed by atoms with Gasteiger partial charge in [-0.2, -0.15) is 0 Å². The van der Waals surface area contributed by atoms with Crippen molar-refractivity contribution in [3.63, 3.8) is 0 Å². The van der Waals surface area contributed by atoms with Gasteiger partial charge in [-0.25, -0.2) is 13.8 Å². The van der Waals surface area contributed by atoms with E-state index in [0.717, 1.165) is 11.1 Å². The van der Waals surface area contributed by atoms with Gasteiger partial charge < -0.3 is 9.64 Å². The molecule has 1 aliphatic heterocycles. The number of halogens is 2. The van der Waals surface area contributed by atoms with Gasteiger partial charge in [0.15, 0.2) is 0 Å². The quantitative estimate of drug-likeness (QED) is 0.834. The molecule has 0 radical (unpaired) electrons. The normalized spacial score (nSPS) is 14.8. The van der Waals surface area contributed by atoms with Crippen LogP contribution in [-0.4, -0.2) is 35.5 Å². The van der Waals surface area contributed by atoms with Crippen molar-refractivity contribution in [2.24, 2.45) is 0 Å². The molecule has 2 aromatic rings. The minimum Gasteiger partial charge on any atom is -0.370 e. The van der Waals surface area contributed by atoms with Gasteiger partial charge in [-0.15, -0.1) is 0 Å². The predicted octanol–water partition coefficient (Wildman–Crippen LogP) is 3.35. The second-order valence-corrected chi connectivity index (χ2v) is 6.09. The van der Waals surface area contributed by atoms with Gasteiger partial charge in [0.25, 0.3) is 0 Å². The molecule has 0 atom stereocenters. The number of amides is 1. The Kier molecular flexibility index (Phi) is 5.38. The van der Waals surface area contributed by atoms with Crippen LogP contribution < -0.4 is 0 Å². The zero-order valence-corrected chi connectivity index (χ0v) is 14.1. The first-order chi connectivity index (χ1) is 12.1. The zero-order valence-electron chi connectivity index (χ0n) is 14.1. The molecule has 1 saturated heterocycles. The van der Waals surface area contributed by atoms with E-state index in [4.69, 9.17) is 4.74 Å². The summed E-state index contributed by atoms with van der Waals surface area (Å²) in [5.41, 5.74) is 3.66. The van der Waals surface area contributed by atoms with Gasteiger partial charge in [0.1, 0.15) is 20.0 Å². The lowest BCUT2D eigenvalue weighted by atomic mass is 10.0. The Morgan fingerprint density at radius 1 is 1.20 bits per heavy atom. The van der Waals surface area contributed by atoms with Gasteiger partial charge >= 0.3 is 0 Å². The summed E-state index contributed by atoms with van der Waals surface area (Å²) in [6, 6.07) is 9.03. The first kappa shape index (κ1) is 17.5. The molecule has 6 heteroatoms. The third kappa shape index (κ3) is 3.85. The van der Waals surface area contributed by atoms with Crippen LogP contribution in [0.1, 0.15) is 22.4 Å². The maximum atomic E-state index is 13.4. The fraction of sp³-hybridized carbons (Fsp3) is 0.368. The number of alkyl halides is 2. The molecule has 0 aliphatic carbocycles. The molecular formula is C19H20F2N2O2. The van der Waals surface area contributed by atoms with E-state index in [2.05, 4.69) is 4.98 Å². The van der Waals surface area contributed by atoms with E-state index in [9.17, 15) is 13.6 Å². The number of pyridine rings is 1. The van der Waals surface area contributed by atoms with Crippen LogP contribution >= 0.6 is 0 Å². The molecule has 1 fully saturated rings. The lowest BCUT2D eigenvalue weighted by Crippen LogP contribution is -2.40. The molecule has 0 saturated carbocycles. The molecule has 25 heavy (non-hydrogen) atoms. The number of rotatable bonds is 5. The minimum atomic E-state index is -0.683. The Morgan fingerprint density at radius 2 is 1.96 bits per heavy atom. The van der Waals surface area contributed by atoms with E-state index in [1.807, 2.05) is 24.3 Å². The highest BCUT2D eigenvalue weighted by Crippen LogP contribution is 2.27. The monoisotopic (exact) mass is 346 g/mol. The summed E-state index contributed by atoms with van der Waals surface area (Å²) in [5.74, 6) is -0.0250. The number of aryl methyl sites for hydroxylation is 1. The molecule has 0 spiro atoms. The number of hydrogen-bond acceptors (Lipinski definition) is 3. The molecule has 0 bridgehead atoms. The molecule has 132 valence electrons. The van der Waals surface area contributed by atoms with E-state index in [0.29, 0.717) is 42.2 Å². The van der Waals surface area contributed by atoms with Crippen LogP contribution in [0.4, 0.5) is 8.78 Å². The number of hydrogen-bond donors (Lipinski definition) is 0. The minimum absolute atomic E-state index is 0.0250. The summed E-state index contributed by atoms with van der Waals surface area (Å²) >= 11 is 0. The topological polar surface area (TPSA) is 42.4 Å².